The van der Waals surface area contributed by atoms with Crippen LogP contribution in [0.3, 0.4) is 0 Å². The highest BCUT2D eigenvalue weighted by molar-refractivity contribution is 14.0. The molecule has 2 aliphatic heterocycles. The average molecular weight is 532 g/mol. The van der Waals surface area contributed by atoms with Crippen LogP contribution < -0.4 is 10.2 Å². The van der Waals surface area contributed by atoms with Crippen LogP contribution in [-0.4, -0.2) is 98.6 Å². The van der Waals surface area contributed by atoms with Crippen molar-refractivity contribution in [2.45, 2.75) is 13.8 Å². The zero-order valence-corrected chi connectivity index (χ0v) is 20.3. The Hall–Kier alpha value is -1.62. The first-order chi connectivity index (χ1) is 14.1. The van der Waals surface area contributed by atoms with E-state index in [1.54, 1.807) is 13.0 Å². The van der Waals surface area contributed by atoms with E-state index in [1.807, 2.05) is 17.0 Å². The summed E-state index contributed by atoms with van der Waals surface area (Å²) in [5.74, 6) is 0.932. The summed E-state index contributed by atoms with van der Waals surface area (Å²) in [6.07, 6.45) is 0. The number of rotatable bonds is 5. The van der Waals surface area contributed by atoms with Crippen molar-refractivity contribution in [3.8, 4) is 0 Å². The van der Waals surface area contributed by atoms with Gasteiger partial charge in [-0.3, -0.25) is 14.7 Å². The van der Waals surface area contributed by atoms with Crippen molar-refractivity contribution in [3.05, 3.63) is 30.1 Å². The van der Waals surface area contributed by atoms with Gasteiger partial charge in [-0.2, -0.15) is 0 Å². The third-order valence-corrected chi connectivity index (χ3v) is 5.60. The molecule has 2 heterocycles. The summed E-state index contributed by atoms with van der Waals surface area (Å²) in [4.78, 5) is 24.9. The molecule has 0 unspecified atom stereocenters. The first-order valence-electron chi connectivity index (χ1n) is 10.6. The molecule has 2 saturated heterocycles. The van der Waals surface area contributed by atoms with Crippen LogP contribution in [0.15, 0.2) is 29.3 Å². The third-order valence-electron chi connectivity index (χ3n) is 5.60. The van der Waals surface area contributed by atoms with Crippen molar-refractivity contribution < 1.29 is 9.18 Å². The van der Waals surface area contributed by atoms with Crippen molar-refractivity contribution in [1.82, 2.24) is 20.0 Å². The number of carbonyl (C=O) groups excluding carboxylic acids is 1. The maximum atomic E-state index is 14.0. The molecule has 30 heavy (non-hydrogen) atoms. The van der Waals surface area contributed by atoms with Gasteiger partial charge in [-0.1, -0.05) is 12.1 Å². The van der Waals surface area contributed by atoms with Crippen LogP contribution >= 0.6 is 24.0 Å². The van der Waals surface area contributed by atoms with E-state index in [0.717, 1.165) is 78.0 Å². The van der Waals surface area contributed by atoms with Crippen LogP contribution in [0.25, 0.3) is 0 Å². The molecule has 3 rings (SSSR count). The Morgan fingerprint density at radius 3 is 2.27 bits per heavy atom. The second-order valence-corrected chi connectivity index (χ2v) is 7.51. The monoisotopic (exact) mass is 532 g/mol. The van der Waals surface area contributed by atoms with E-state index in [1.165, 1.54) is 6.07 Å². The number of carbonyl (C=O) groups is 1. The second-order valence-electron chi connectivity index (χ2n) is 7.51. The number of guanidine groups is 1. The number of nitrogens with one attached hydrogen (secondary N) is 1. The molecule has 1 N–H and O–H groups in total. The maximum Gasteiger partial charge on any atom is 0.219 e. The summed E-state index contributed by atoms with van der Waals surface area (Å²) in [7, 11) is 0. The number of benzene rings is 1. The van der Waals surface area contributed by atoms with Gasteiger partial charge in [0.05, 0.1) is 12.2 Å². The molecule has 0 atom stereocenters. The largest absolute Gasteiger partial charge is 0.366 e. The fourth-order valence-electron chi connectivity index (χ4n) is 3.88. The van der Waals surface area contributed by atoms with Crippen molar-refractivity contribution in [1.29, 1.82) is 0 Å². The van der Waals surface area contributed by atoms with Gasteiger partial charge < -0.3 is 20.0 Å². The molecular weight excluding hydrogens is 498 g/mol. The third kappa shape index (κ3) is 6.69. The lowest BCUT2D eigenvalue weighted by molar-refractivity contribution is -0.130. The molecule has 1 aromatic carbocycles. The molecule has 1 amide bonds. The minimum absolute atomic E-state index is 0. The predicted octanol–water partition coefficient (Wildman–Crippen LogP) is 1.70. The van der Waals surface area contributed by atoms with Crippen LogP contribution in [0, 0.1) is 5.82 Å². The zero-order chi connectivity index (χ0) is 20.6. The lowest BCUT2D eigenvalue weighted by Crippen LogP contribution is -2.53. The molecule has 0 aromatic heterocycles. The lowest BCUT2D eigenvalue weighted by Gasteiger charge is -2.38. The number of aliphatic imine (C=N–C) groups is 1. The number of anilines is 1. The molecule has 0 saturated carbocycles. The van der Waals surface area contributed by atoms with Crippen LogP contribution in [-0.2, 0) is 4.79 Å². The molecule has 7 nitrogen and oxygen atoms in total. The van der Waals surface area contributed by atoms with E-state index in [9.17, 15) is 9.18 Å². The van der Waals surface area contributed by atoms with E-state index in [-0.39, 0.29) is 35.7 Å². The highest BCUT2D eigenvalue weighted by atomic mass is 127. The van der Waals surface area contributed by atoms with Gasteiger partial charge in [-0.05, 0) is 19.1 Å². The summed E-state index contributed by atoms with van der Waals surface area (Å²) < 4.78 is 14.0. The Kier molecular flexibility index (Phi) is 10.1. The highest BCUT2D eigenvalue weighted by Crippen LogP contribution is 2.20. The van der Waals surface area contributed by atoms with E-state index in [0.29, 0.717) is 5.69 Å². The zero-order valence-electron chi connectivity index (χ0n) is 18.0. The minimum atomic E-state index is -0.161. The number of amides is 1. The predicted molar refractivity (Wildman–Crippen MR) is 130 cm³/mol. The normalized spacial score (nSPS) is 18.2. The summed E-state index contributed by atoms with van der Waals surface area (Å²) in [6, 6.07) is 6.97. The van der Waals surface area contributed by atoms with Crippen LogP contribution in [0.2, 0.25) is 0 Å². The highest BCUT2D eigenvalue weighted by Gasteiger charge is 2.22. The first-order valence-corrected chi connectivity index (χ1v) is 10.6. The van der Waals surface area contributed by atoms with Crippen molar-refractivity contribution >= 4 is 41.5 Å². The number of piperazine rings is 2. The van der Waals surface area contributed by atoms with Gasteiger partial charge in [-0.15, -0.1) is 24.0 Å². The molecule has 1 aromatic rings. The Bertz CT molecular complexity index is 702. The molecule has 0 bridgehead atoms. The number of nitrogens with zero attached hydrogens (tertiary/aromatic N) is 5. The Labute approximate surface area is 196 Å². The van der Waals surface area contributed by atoms with Crippen molar-refractivity contribution in [3.63, 3.8) is 0 Å². The first kappa shape index (κ1) is 24.6. The fourth-order valence-corrected chi connectivity index (χ4v) is 3.88. The molecule has 168 valence electrons. The fraction of sp³-hybridized carbons (Fsp3) is 0.619. The van der Waals surface area contributed by atoms with Gasteiger partial charge in [0, 0.05) is 72.4 Å². The standard InChI is InChI=1S/C21H33FN6O.HI/c1-3-23-21(24-8-9-25-10-12-26(13-11-25)18(2)29)28-16-14-27(15-17-28)20-7-5-4-6-19(20)22;/h4-7H,3,8-17H2,1-2H3,(H,23,24);1H. The molecule has 9 heteroatoms. The number of halogens is 2. The smallest absolute Gasteiger partial charge is 0.219 e. The second kappa shape index (κ2) is 12.3. The average Bonchev–Trinajstić information content (AvgIpc) is 2.74. The van der Waals surface area contributed by atoms with Crippen molar-refractivity contribution in [2.24, 2.45) is 4.99 Å². The molecule has 0 radical (unpaired) electrons. The van der Waals surface area contributed by atoms with E-state index < -0.39 is 0 Å². The number of para-hydroxylation sites is 1. The van der Waals surface area contributed by atoms with Gasteiger partial charge in [0.15, 0.2) is 5.96 Å². The Morgan fingerprint density at radius 2 is 1.67 bits per heavy atom. The Morgan fingerprint density at radius 1 is 1.03 bits per heavy atom. The molecule has 0 spiro atoms. The molecular formula is C21H34FIN6O. The Balaban J connectivity index is 0.00000320. The quantitative estimate of drug-likeness (QED) is 0.356. The summed E-state index contributed by atoms with van der Waals surface area (Å²) in [5, 5.41) is 3.39. The van der Waals surface area contributed by atoms with Gasteiger partial charge in [0.1, 0.15) is 5.82 Å². The summed E-state index contributed by atoms with van der Waals surface area (Å²) in [6.45, 7) is 12.8. The van der Waals surface area contributed by atoms with Crippen LogP contribution in [0.1, 0.15) is 13.8 Å². The minimum Gasteiger partial charge on any atom is -0.366 e. The van der Waals surface area contributed by atoms with Gasteiger partial charge >= 0.3 is 0 Å². The van der Waals surface area contributed by atoms with Gasteiger partial charge in [-0.25, -0.2) is 4.39 Å². The van der Waals surface area contributed by atoms with Crippen LogP contribution in [0.4, 0.5) is 10.1 Å². The summed E-state index contributed by atoms with van der Waals surface area (Å²) in [5.41, 5.74) is 0.679. The number of hydrogen-bond donors (Lipinski definition) is 1. The lowest BCUT2D eigenvalue weighted by atomic mass is 10.2. The topological polar surface area (TPSA) is 54.4 Å². The van der Waals surface area contributed by atoms with E-state index in [2.05, 4.69) is 26.9 Å². The van der Waals surface area contributed by atoms with Gasteiger partial charge in [0.25, 0.3) is 0 Å². The maximum absolute atomic E-state index is 14.0. The summed E-state index contributed by atoms with van der Waals surface area (Å²) >= 11 is 0. The van der Waals surface area contributed by atoms with E-state index in [4.69, 9.17) is 4.99 Å². The van der Waals surface area contributed by atoms with Gasteiger partial charge in [0.2, 0.25) is 5.91 Å². The molecule has 0 aliphatic carbocycles. The van der Waals surface area contributed by atoms with Crippen LogP contribution in [0.5, 0.6) is 0 Å². The van der Waals surface area contributed by atoms with Crippen molar-refractivity contribution in [2.75, 3.05) is 76.9 Å². The SMILES string of the molecule is CCNC(=NCCN1CCN(C(C)=O)CC1)N1CCN(c2ccccc2F)CC1.I. The molecule has 2 aliphatic rings. The number of hydrogen-bond acceptors (Lipinski definition) is 4. The molecule has 2 fully saturated rings. The van der Waals surface area contributed by atoms with E-state index >= 15 is 0 Å².